The number of aromatic nitrogens is 2. The molecule has 0 amide bonds. The average molecular weight is 263 g/mol. The van der Waals surface area contributed by atoms with E-state index in [1.165, 1.54) is 24.8 Å². The van der Waals surface area contributed by atoms with E-state index in [-0.39, 0.29) is 5.41 Å². The molecule has 0 spiro atoms. The lowest BCUT2D eigenvalue weighted by atomic mass is 9.72. The summed E-state index contributed by atoms with van der Waals surface area (Å²) in [4.78, 5) is 2.62. The molecule has 19 heavy (non-hydrogen) atoms. The summed E-state index contributed by atoms with van der Waals surface area (Å²) in [7, 11) is 0. The number of hydrogen-bond donors (Lipinski definition) is 1. The zero-order valence-corrected chi connectivity index (χ0v) is 12.0. The fourth-order valence-electron chi connectivity index (χ4n) is 4.19. The van der Waals surface area contributed by atoms with Crippen LogP contribution in [0.4, 0.5) is 0 Å². The van der Waals surface area contributed by atoms with Crippen LogP contribution in [0.15, 0.2) is 12.4 Å². The van der Waals surface area contributed by atoms with E-state index in [0.717, 1.165) is 19.5 Å². The molecule has 0 unspecified atom stereocenters. The highest BCUT2D eigenvalue weighted by Gasteiger charge is 2.54. The van der Waals surface area contributed by atoms with Crippen LogP contribution in [0.3, 0.4) is 0 Å². The van der Waals surface area contributed by atoms with Crippen LogP contribution in [-0.4, -0.2) is 38.5 Å². The molecule has 4 heteroatoms. The summed E-state index contributed by atoms with van der Waals surface area (Å²) in [6.07, 6.45) is 8.97. The van der Waals surface area contributed by atoms with E-state index in [2.05, 4.69) is 30.0 Å². The van der Waals surface area contributed by atoms with Gasteiger partial charge in [0.2, 0.25) is 0 Å². The average Bonchev–Trinajstić information content (AvgIpc) is 3.13. The third-order valence-corrected chi connectivity index (χ3v) is 5.39. The molecule has 0 aliphatic carbocycles. The van der Waals surface area contributed by atoms with Crippen molar-refractivity contribution in [1.82, 2.24) is 14.7 Å². The Morgan fingerprint density at radius 2 is 2.26 bits per heavy atom. The summed E-state index contributed by atoms with van der Waals surface area (Å²) >= 11 is 0. The van der Waals surface area contributed by atoms with Crippen LogP contribution in [0.1, 0.15) is 45.1 Å². The monoisotopic (exact) mass is 263 g/mol. The third kappa shape index (κ3) is 2.01. The van der Waals surface area contributed by atoms with Crippen molar-refractivity contribution in [2.45, 2.75) is 64.7 Å². The summed E-state index contributed by atoms with van der Waals surface area (Å²) < 4.78 is 1.99. The van der Waals surface area contributed by atoms with Gasteiger partial charge in [-0.3, -0.25) is 9.58 Å². The zero-order chi connectivity index (χ0) is 13.5. The van der Waals surface area contributed by atoms with Gasteiger partial charge in [-0.05, 0) is 32.6 Å². The maximum atomic E-state index is 9.82. The summed E-state index contributed by atoms with van der Waals surface area (Å²) in [5, 5.41) is 14.2. The van der Waals surface area contributed by atoms with Gasteiger partial charge in [0.15, 0.2) is 0 Å². The Balaban J connectivity index is 1.75. The van der Waals surface area contributed by atoms with E-state index in [1.54, 1.807) is 0 Å². The summed E-state index contributed by atoms with van der Waals surface area (Å²) in [6.45, 7) is 6.61. The topological polar surface area (TPSA) is 41.3 Å². The van der Waals surface area contributed by atoms with Crippen molar-refractivity contribution in [3.8, 4) is 0 Å². The van der Waals surface area contributed by atoms with Crippen molar-refractivity contribution in [2.24, 2.45) is 5.41 Å². The lowest BCUT2D eigenvalue weighted by Gasteiger charge is -2.35. The van der Waals surface area contributed by atoms with Crippen LogP contribution in [0.2, 0.25) is 0 Å². The number of fused-ring (bicyclic) bond motifs is 2. The normalized spacial score (nSPS) is 34.3. The highest BCUT2D eigenvalue weighted by Crippen LogP contribution is 2.51. The Morgan fingerprint density at radius 1 is 1.42 bits per heavy atom. The molecular weight excluding hydrogens is 238 g/mol. The molecule has 2 aliphatic heterocycles. The molecule has 2 saturated heterocycles. The van der Waals surface area contributed by atoms with E-state index in [1.807, 2.05) is 10.9 Å². The fourth-order valence-corrected chi connectivity index (χ4v) is 4.19. The number of rotatable bonds is 5. The second-order valence-electron chi connectivity index (χ2n) is 6.20. The van der Waals surface area contributed by atoms with Crippen LogP contribution in [0, 0.1) is 5.41 Å². The standard InChI is InChI=1S/C15H25N3O/c1-3-15(11-19)7-13-5-6-14(15)18(13)10-12-8-16-17(4-2)9-12/h8-9,13-14,19H,3-7,10-11H2,1-2H3/t13-,14+,15-/m0/s1. The van der Waals surface area contributed by atoms with Gasteiger partial charge in [0.05, 0.1) is 12.8 Å². The maximum absolute atomic E-state index is 9.82. The molecule has 3 rings (SSSR count). The van der Waals surface area contributed by atoms with Crippen LogP contribution < -0.4 is 0 Å². The van der Waals surface area contributed by atoms with Gasteiger partial charge in [0.25, 0.3) is 0 Å². The summed E-state index contributed by atoms with van der Waals surface area (Å²) in [6, 6.07) is 1.24. The highest BCUT2D eigenvalue weighted by molar-refractivity contribution is 5.12. The van der Waals surface area contributed by atoms with E-state index < -0.39 is 0 Å². The third-order valence-electron chi connectivity index (χ3n) is 5.39. The molecule has 0 radical (unpaired) electrons. The van der Waals surface area contributed by atoms with Crippen molar-refractivity contribution >= 4 is 0 Å². The first-order chi connectivity index (χ1) is 9.22. The van der Waals surface area contributed by atoms with Gasteiger partial charge in [0.1, 0.15) is 0 Å². The lowest BCUT2D eigenvalue weighted by molar-refractivity contribution is 0.0714. The first-order valence-electron chi connectivity index (χ1n) is 7.60. The first-order valence-corrected chi connectivity index (χ1v) is 7.60. The number of aryl methyl sites for hydroxylation is 1. The summed E-state index contributed by atoms with van der Waals surface area (Å²) in [5.41, 5.74) is 1.47. The molecule has 1 N–H and O–H groups in total. The molecule has 2 aliphatic rings. The Morgan fingerprint density at radius 3 is 2.84 bits per heavy atom. The fraction of sp³-hybridized carbons (Fsp3) is 0.800. The van der Waals surface area contributed by atoms with Crippen molar-refractivity contribution in [1.29, 1.82) is 0 Å². The number of aliphatic hydroxyl groups is 1. The zero-order valence-electron chi connectivity index (χ0n) is 12.0. The van der Waals surface area contributed by atoms with E-state index >= 15 is 0 Å². The molecule has 1 aromatic rings. The predicted octanol–water partition coefficient (Wildman–Crippen LogP) is 2.03. The van der Waals surface area contributed by atoms with Gasteiger partial charge in [-0.25, -0.2) is 0 Å². The molecular formula is C15H25N3O. The van der Waals surface area contributed by atoms with Crippen molar-refractivity contribution in [3.05, 3.63) is 18.0 Å². The molecule has 3 heterocycles. The lowest BCUT2D eigenvalue weighted by Crippen LogP contribution is -2.39. The molecule has 1 aromatic heterocycles. The molecule has 2 fully saturated rings. The smallest absolute Gasteiger partial charge is 0.0534 e. The van der Waals surface area contributed by atoms with Gasteiger partial charge in [-0.15, -0.1) is 0 Å². The second kappa shape index (κ2) is 4.91. The Bertz CT molecular complexity index is 438. The highest BCUT2D eigenvalue weighted by atomic mass is 16.3. The van der Waals surface area contributed by atoms with Crippen molar-refractivity contribution in [3.63, 3.8) is 0 Å². The molecule has 0 aromatic carbocycles. The van der Waals surface area contributed by atoms with Crippen molar-refractivity contribution < 1.29 is 5.11 Å². The Kier molecular flexibility index (Phi) is 3.39. The molecule has 106 valence electrons. The Labute approximate surface area is 115 Å². The molecule has 3 atom stereocenters. The largest absolute Gasteiger partial charge is 0.396 e. The molecule has 0 saturated carbocycles. The minimum Gasteiger partial charge on any atom is -0.396 e. The molecule has 2 bridgehead atoms. The minimum absolute atomic E-state index is 0.156. The Hall–Kier alpha value is -0.870. The molecule has 4 nitrogen and oxygen atoms in total. The summed E-state index contributed by atoms with van der Waals surface area (Å²) in [5.74, 6) is 0. The van der Waals surface area contributed by atoms with Gasteiger partial charge >= 0.3 is 0 Å². The van der Waals surface area contributed by atoms with Crippen LogP contribution in [-0.2, 0) is 13.1 Å². The van der Waals surface area contributed by atoms with Gasteiger partial charge in [0, 0.05) is 42.3 Å². The maximum Gasteiger partial charge on any atom is 0.0534 e. The SMILES string of the molecule is CCn1cc(CN2[C@H]3CC[C@@H]2[C@](CC)(CO)C3)cn1. The minimum atomic E-state index is 0.156. The van der Waals surface area contributed by atoms with Gasteiger partial charge in [-0.2, -0.15) is 5.10 Å². The van der Waals surface area contributed by atoms with Crippen LogP contribution in [0.25, 0.3) is 0 Å². The predicted molar refractivity (Wildman–Crippen MR) is 74.7 cm³/mol. The van der Waals surface area contributed by atoms with E-state index in [9.17, 15) is 5.11 Å². The first kappa shape index (κ1) is 13.1. The van der Waals surface area contributed by atoms with E-state index in [0.29, 0.717) is 18.7 Å². The number of hydrogen-bond acceptors (Lipinski definition) is 3. The second-order valence-corrected chi connectivity index (χ2v) is 6.20. The van der Waals surface area contributed by atoms with Crippen molar-refractivity contribution in [2.75, 3.05) is 6.61 Å². The van der Waals surface area contributed by atoms with Gasteiger partial charge < -0.3 is 5.11 Å². The number of nitrogens with zero attached hydrogens (tertiary/aromatic N) is 3. The van der Waals surface area contributed by atoms with Crippen LogP contribution >= 0.6 is 0 Å². The van der Waals surface area contributed by atoms with Crippen LogP contribution in [0.5, 0.6) is 0 Å². The number of aliphatic hydroxyl groups excluding tert-OH is 1. The van der Waals surface area contributed by atoms with E-state index in [4.69, 9.17) is 0 Å². The van der Waals surface area contributed by atoms with Gasteiger partial charge in [-0.1, -0.05) is 6.92 Å². The quantitative estimate of drug-likeness (QED) is 0.883.